The fourth-order valence-corrected chi connectivity index (χ4v) is 0.767. The van der Waals surface area contributed by atoms with Crippen molar-refractivity contribution in [1.29, 1.82) is 0 Å². The summed E-state index contributed by atoms with van der Waals surface area (Å²) in [6.45, 7) is 3.30. The summed E-state index contributed by atoms with van der Waals surface area (Å²) >= 11 is 0. The molecule has 0 aliphatic heterocycles. The lowest BCUT2D eigenvalue weighted by Crippen LogP contribution is -2.07. The predicted molar refractivity (Wildman–Crippen MR) is 40.3 cm³/mol. The molecule has 1 atom stereocenters. The smallest absolute Gasteiger partial charge is 0.390 e. The summed E-state index contributed by atoms with van der Waals surface area (Å²) in [7, 11) is 0. The zero-order valence-electron chi connectivity index (χ0n) is 6.12. The van der Waals surface area contributed by atoms with Crippen molar-refractivity contribution in [3.05, 3.63) is 35.2 Å². The molecule has 1 N–H and O–H groups in total. The molecule has 1 aromatic heterocycles. The standard InChI is InChI=1S/C6H7N3O3/c1-2-5(10)8-4-3-7-6(8)9(11)12/h2-5,10H,1H2. The zero-order chi connectivity index (χ0) is 9.14. The quantitative estimate of drug-likeness (QED) is 0.405. The van der Waals surface area contributed by atoms with Crippen molar-refractivity contribution in [1.82, 2.24) is 9.55 Å². The number of hydrogen-bond donors (Lipinski definition) is 1. The zero-order valence-corrected chi connectivity index (χ0v) is 6.12. The fraction of sp³-hybridized carbons (Fsp3) is 0.167. The van der Waals surface area contributed by atoms with Crippen LogP contribution >= 0.6 is 0 Å². The number of imidazole rings is 1. The van der Waals surface area contributed by atoms with Crippen LogP contribution in [0.25, 0.3) is 0 Å². The molecule has 64 valence electrons. The van der Waals surface area contributed by atoms with Gasteiger partial charge in [0.15, 0.2) is 6.23 Å². The molecule has 1 aromatic rings. The average molecular weight is 169 g/mol. The van der Waals surface area contributed by atoms with E-state index in [0.29, 0.717) is 0 Å². The summed E-state index contributed by atoms with van der Waals surface area (Å²) in [5.74, 6) is -0.401. The van der Waals surface area contributed by atoms with E-state index in [1.807, 2.05) is 0 Å². The van der Waals surface area contributed by atoms with E-state index in [0.717, 1.165) is 4.57 Å². The first-order valence-electron chi connectivity index (χ1n) is 3.14. The van der Waals surface area contributed by atoms with E-state index in [1.54, 1.807) is 0 Å². The summed E-state index contributed by atoms with van der Waals surface area (Å²) in [6.07, 6.45) is 2.62. The molecule has 0 amide bonds. The highest BCUT2D eigenvalue weighted by molar-refractivity contribution is 5.09. The van der Waals surface area contributed by atoms with Gasteiger partial charge in [0, 0.05) is 0 Å². The van der Waals surface area contributed by atoms with Gasteiger partial charge in [-0.15, -0.1) is 0 Å². The van der Waals surface area contributed by atoms with Gasteiger partial charge in [0.2, 0.25) is 0 Å². The Morgan fingerprint density at radius 1 is 1.92 bits per heavy atom. The summed E-state index contributed by atoms with van der Waals surface area (Å²) < 4.78 is 1.01. The molecular weight excluding hydrogens is 162 g/mol. The Labute approximate surface area is 67.9 Å². The monoisotopic (exact) mass is 169 g/mol. The lowest BCUT2D eigenvalue weighted by atomic mass is 10.5. The molecule has 12 heavy (non-hydrogen) atoms. The second-order valence-electron chi connectivity index (χ2n) is 2.04. The molecular formula is C6H7N3O3. The molecule has 1 rings (SSSR count). The second kappa shape index (κ2) is 3.14. The molecule has 0 saturated carbocycles. The van der Waals surface area contributed by atoms with E-state index >= 15 is 0 Å². The maximum absolute atomic E-state index is 10.3. The molecule has 0 aromatic carbocycles. The van der Waals surface area contributed by atoms with Crippen LogP contribution < -0.4 is 0 Å². The van der Waals surface area contributed by atoms with Gasteiger partial charge >= 0.3 is 5.95 Å². The highest BCUT2D eigenvalue weighted by Gasteiger charge is 2.17. The van der Waals surface area contributed by atoms with Gasteiger partial charge in [-0.05, 0) is 11.0 Å². The maximum atomic E-state index is 10.3. The van der Waals surface area contributed by atoms with Gasteiger partial charge in [0.25, 0.3) is 0 Å². The molecule has 0 fully saturated rings. The van der Waals surface area contributed by atoms with Crippen LogP contribution in [-0.2, 0) is 0 Å². The molecule has 0 aliphatic rings. The normalized spacial score (nSPS) is 12.4. The van der Waals surface area contributed by atoms with Crippen LogP contribution in [0.2, 0.25) is 0 Å². The topological polar surface area (TPSA) is 81.2 Å². The number of aliphatic hydroxyl groups excluding tert-OH is 1. The summed E-state index contributed by atoms with van der Waals surface area (Å²) in [4.78, 5) is 13.0. The Kier molecular flexibility index (Phi) is 2.20. The highest BCUT2D eigenvalue weighted by atomic mass is 16.6. The van der Waals surface area contributed by atoms with Crippen molar-refractivity contribution in [3.8, 4) is 0 Å². The SMILES string of the molecule is C=CC(O)n1ccnc1[N+](=O)[O-]. The van der Waals surface area contributed by atoms with Gasteiger partial charge in [-0.25, -0.2) is 0 Å². The van der Waals surface area contributed by atoms with E-state index < -0.39 is 17.1 Å². The van der Waals surface area contributed by atoms with Crippen molar-refractivity contribution >= 4 is 5.95 Å². The van der Waals surface area contributed by atoms with Crippen molar-refractivity contribution in [3.63, 3.8) is 0 Å². The third kappa shape index (κ3) is 1.32. The number of rotatable bonds is 3. The molecule has 0 aliphatic carbocycles. The number of nitrogens with zero attached hydrogens (tertiary/aromatic N) is 3. The number of hydrogen-bond acceptors (Lipinski definition) is 4. The number of nitro groups is 1. The van der Waals surface area contributed by atoms with E-state index in [9.17, 15) is 10.1 Å². The van der Waals surface area contributed by atoms with Crippen molar-refractivity contribution < 1.29 is 10.0 Å². The molecule has 6 heteroatoms. The largest absolute Gasteiger partial charge is 0.436 e. The van der Waals surface area contributed by atoms with E-state index in [1.165, 1.54) is 18.5 Å². The predicted octanol–water partition coefficient (Wildman–Crippen LogP) is 0.468. The van der Waals surface area contributed by atoms with E-state index in [4.69, 9.17) is 5.11 Å². The highest BCUT2D eigenvalue weighted by Crippen LogP contribution is 2.13. The molecule has 0 saturated heterocycles. The summed E-state index contributed by atoms with van der Waals surface area (Å²) in [5, 5.41) is 19.4. The van der Waals surface area contributed by atoms with Gasteiger partial charge in [0.05, 0.1) is 0 Å². The third-order valence-electron chi connectivity index (χ3n) is 1.31. The molecule has 0 radical (unpaired) electrons. The first-order chi connectivity index (χ1) is 5.66. The second-order valence-corrected chi connectivity index (χ2v) is 2.04. The van der Waals surface area contributed by atoms with E-state index in [-0.39, 0.29) is 0 Å². The first-order valence-corrected chi connectivity index (χ1v) is 3.14. The van der Waals surface area contributed by atoms with Gasteiger partial charge < -0.3 is 15.2 Å². The van der Waals surface area contributed by atoms with Crippen LogP contribution in [0.5, 0.6) is 0 Å². The molecule has 0 spiro atoms. The lowest BCUT2D eigenvalue weighted by Gasteiger charge is -2.03. The van der Waals surface area contributed by atoms with Crippen LogP contribution in [0.3, 0.4) is 0 Å². The minimum atomic E-state index is -1.10. The van der Waals surface area contributed by atoms with Crippen molar-refractivity contribution in [2.24, 2.45) is 0 Å². The summed E-state index contributed by atoms with van der Waals surface area (Å²) in [6, 6.07) is 0. The Morgan fingerprint density at radius 3 is 3.08 bits per heavy atom. The minimum Gasteiger partial charge on any atom is -0.390 e. The Hall–Kier alpha value is -1.69. The maximum Gasteiger partial charge on any atom is 0.436 e. The van der Waals surface area contributed by atoms with Crippen molar-refractivity contribution in [2.45, 2.75) is 6.23 Å². The van der Waals surface area contributed by atoms with Gasteiger partial charge in [-0.2, -0.15) is 4.57 Å². The van der Waals surface area contributed by atoms with Crippen molar-refractivity contribution in [2.75, 3.05) is 0 Å². The molecule has 1 heterocycles. The van der Waals surface area contributed by atoms with Gasteiger partial charge in [-0.1, -0.05) is 11.6 Å². The van der Waals surface area contributed by atoms with Crippen LogP contribution in [0.1, 0.15) is 6.23 Å². The first kappa shape index (κ1) is 8.41. The number of aliphatic hydroxyl groups is 1. The Bertz CT molecular complexity index is 307. The number of aromatic nitrogens is 2. The minimum absolute atomic E-state index is 0.401. The van der Waals surface area contributed by atoms with Crippen LogP contribution in [-0.4, -0.2) is 19.6 Å². The average Bonchev–Trinajstić information content (AvgIpc) is 2.50. The van der Waals surface area contributed by atoms with Gasteiger partial charge in [0.1, 0.15) is 12.4 Å². The Balaban J connectivity index is 3.06. The third-order valence-corrected chi connectivity index (χ3v) is 1.31. The Morgan fingerprint density at radius 2 is 2.58 bits per heavy atom. The molecule has 0 bridgehead atoms. The van der Waals surface area contributed by atoms with Crippen LogP contribution in [0.15, 0.2) is 25.0 Å². The fourth-order valence-electron chi connectivity index (χ4n) is 0.767. The lowest BCUT2D eigenvalue weighted by molar-refractivity contribution is -0.397. The van der Waals surface area contributed by atoms with Crippen LogP contribution in [0.4, 0.5) is 5.95 Å². The van der Waals surface area contributed by atoms with Gasteiger partial charge in [-0.3, -0.25) is 0 Å². The van der Waals surface area contributed by atoms with Crippen LogP contribution in [0, 0.1) is 10.1 Å². The summed E-state index contributed by atoms with van der Waals surface area (Å²) in [5.41, 5.74) is 0. The molecule has 6 nitrogen and oxygen atoms in total. The molecule has 1 unspecified atom stereocenters. The van der Waals surface area contributed by atoms with E-state index in [2.05, 4.69) is 11.6 Å².